The molecule has 0 aliphatic carbocycles. The average Bonchev–Trinajstić information content (AvgIpc) is 3.11. The SMILES string of the molecule is CCCCCCCCCc1ccc(P(=O)(c2ccc(CCCCCCCCC)cc2)c2ccc(CCCCCCCCC)cc2)cc1. The summed E-state index contributed by atoms with van der Waals surface area (Å²) in [5.41, 5.74) is 4.09. The molecular formula is C45H69OP. The lowest BCUT2D eigenvalue weighted by molar-refractivity contribution is 0.589. The highest BCUT2D eigenvalue weighted by molar-refractivity contribution is 7.85. The van der Waals surface area contributed by atoms with Crippen molar-refractivity contribution in [2.45, 2.75) is 175 Å². The van der Waals surface area contributed by atoms with Crippen molar-refractivity contribution in [3.63, 3.8) is 0 Å². The third kappa shape index (κ3) is 14.5. The van der Waals surface area contributed by atoms with Crippen molar-refractivity contribution in [3.8, 4) is 0 Å². The Kier molecular flexibility index (Phi) is 20.2. The van der Waals surface area contributed by atoms with E-state index >= 15 is 4.57 Å². The van der Waals surface area contributed by atoms with Gasteiger partial charge in [-0.1, -0.05) is 209 Å². The topological polar surface area (TPSA) is 17.1 Å². The highest BCUT2D eigenvalue weighted by Gasteiger charge is 2.29. The molecule has 3 aromatic carbocycles. The van der Waals surface area contributed by atoms with Crippen molar-refractivity contribution < 1.29 is 4.57 Å². The van der Waals surface area contributed by atoms with Crippen LogP contribution in [0.1, 0.15) is 172 Å². The van der Waals surface area contributed by atoms with Gasteiger partial charge in [0.2, 0.25) is 0 Å². The van der Waals surface area contributed by atoms with Crippen LogP contribution < -0.4 is 15.9 Å². The summed E-state index contributed by atoms with van der Waals surface area (Å²) in [6.45, 7) is 6.84. The number of hydrogen-bond donors (Lipinski definition) is 0. The summed E-state index contributed by atoms with van der Waals surface area (Å²) in [6, 6.07) is 26.4. The van der Waals surface area contributed by atoms with Gasteiger partial charge in [-0.3, -0.25) is 0 Å². The lowest BCUT2D eigenvalue weighted by Gasteiger charge is -2.21. The number of hydrogen-bond acceptors (Lipinski definition) is 1. The van der Waals surface area contributed by atoms with Crippen molar-refractivity contribution in [1.82, 2.24) is 0 Å². The van der Waals surface area contributed by atoms with Crippen LogP contribution in [0.3, 0.4) is 0 Å². The molecule has 0 saturated carbocycles. The van der Waals surface area contributed by atoms with Crippen LogP contribution in [0.4, 0.5) is 0 Å². The summed E-state index contributed by atoms with van der Waals surface area (Å²) in [7, 11) is -2.98. The second-order valence-electron chi connectivity index (χ2n) is 14.2. The molecule has 0 atom stereocenters. The second kappa shape index (κ2) is 24.1. The largest absolute Gasteiger partial charge is 0.309 e. The van der Waals surface area contributed by atoms with E-state index in [1.807, 2.05) is 0 Å². The molecule has 0 bridgehead atoms. The molecule has 47 heavy (non-hydrogen) atoms. The van der Waals surface area contributed by atoms with Crippen LogP contribution in [-0.4, -0.2) is 0 Å². The van der Waals surface area contributed by atoms with Crippen molar-refractivity contribution in [1.29, 1.82) is 0 Å². The first-order valence-electron chi connectivity index (χ1n) is 20.0. The van der Waals surface area contributed by atoms with E-state index in [1.165, 1.54) is 152 Å². The second-order valence-corrected chi connectivity index (χ2v) is 17.0. The van der Waals surface area contributed by atoms with Gasteiger partial charge in [-0.15, -0.1) is 0 Å². The summed E-state index contributed by atoms with van der Waals surface area (Å²) in [4.78, 5) is 0. The van der Waals surface area contributed by atoms with Gasteiger partial charge in [0.25, 0.3) is 0 Å². The zero-order valence-corrected chi connectivity index (χ0v) is 31.6. The van der Waals surface area contributed by atoms with E-state index in [1.54, 1.807) is 0 Å². The van der Waals surface area contributed by atoms with Crippen LogP contribution in [0.25, 0.3) is 0 Å². The Balaban J connectivity index is 1.68. The maximum absolute atomic E-state index is 15.3. The summed E-state index contributed by atoms with van der Waals surface area (Å²) < 4.78 is 15.3. The molecule has 0 unspecified atom stereocenters. The highest BCUT2D eigenvalue weighted by Crippen LogP contribution is 2.42. The molecule has 2 heteroatoms. The fourth-order valence-electron chi connectivity index (χ4n) is 6.92. The first-order chi connectivity index (χ1) is 23.1. The molecule has 0 amide bonds. The maximum Gasteiger partial charge on any atom is 0.171 e. The van der Waals surface area contributed by atoms with Gasteiger partial charge in [-0.2, -0.15) is 0 Å². The van der Waals surface area contributed by atoms with Crippen LogP contribution in [-0.2, 0) is 23.8 Å². The Hall–Kier alpha value is -2.11. The zero-order valence-electron chi connectivity index (χ0n) is 30.8. The lowest BCUT2D eigenvalue weighted by Crippen LogP contribution is -2.25. The molecule has 3 rings (SSSR count). The standard InChI is InChI=1S/C45H69OP/c1-4-7-10-13-16-19-22-25-40-28-34-43(35-29-40)47(46,44-36-30-41(31-37-44)26-23-20-17-14-11-8-5-2)45-38-32-42(33-39-45)27-24-21-18-15-12-9-6-3/h28-39H,4-27H2,1-3H3. The molecule has 1 nitrogen and oxygen atoms in total. The van der Waals surface area contributed by atoms with Crippen LogP contribution in [0.2, 0.25) is 0 Å². The van der Waals surface area contributed by atoms with Crippen LogP contribution in [0.15, 0.2) is 72.8 Å². The predicted molar refractivity (Wildman–Crippen MR) is 211 cm³/mol. The van der Waals surface area contributed by atoms with E-state index in [4.69, 9.17) is 0 Å². The van der Waals surface area contributed by atoms with Crippen molar-refractivity contribution in [2.24, 2.45) is 0 Å². The molecular weight excluding hydrogens is 587 g/mol. The molecule has 0 aliphatic heterocycles. The smallest absolute Gasteiger partial charge is 0.171 e. The number of benzene rings is 3. The molecule has 260 valence electrons. The Morgan fingerprint density at radius 3 is 0.766 bits per heavy atom. The van der Waals surface area contributed by atoms with Crippen LogP contribution in [0.5, 0.6) is 0 Å². The molecule has 0 radical (unpaired) electrons. The molecule has 0 fully saturated rings. The molecule has 0 spiro atoms. The minimum Gasteiger partial charge on any atom is -0.309 e. The molecule has 0 heterocycles. The van der Waals surface area contributed by atoms with E-state index in [-0.39, 0.29) is 0 Å². The Morgan fingerprint density at radius 2 is 0.532 bits per heavy atom. The zero-order chi connectivity index (χ0) is 33.4. The van der Waals surface area contributed by atoms with Gasteiger partial charge >= 0.3 is 0 Å². The van der Waals surface area contributed by atoms with Gasteiger partial charge < -0.3 is 4.57 Å². The van der Waals surface area contributed by atoms with Crippen molar-refractivity contribution in [2.75, 3.05) is 0 Å². The molecule has 0 aromatic heterocycles. The highest BCUT2D eigenvalue weighted by atomic mass is 31.2. The average molecular weight is 657 g/mol. The number of aryl methyl sites for hydroxylation is 3. The first kappa shape index (κ1) is 39.3. The summed E-state index contributed by atoms with van der Waals surface area (Å²) in [5, 5.41) is 2.88. The Bertz CT molecular complexity index is 1070. The third-order valence-electron chi connectivity index (χ3n) is 10.1. The molecule has 0 N–H and O–H groups in total. The Labute approximate surface area is 291 Å². The first-order valence-corrected chi connectivity index (χ1v) is 21.7. The minimum absolute atomic E-state index is 0.959. The van der Waals surface area contributed by atoms with Crippen molar-refractivity contribution >= 4 is 23.1 Å². The van der Waals surface area contributed by atoms with Crippen LogP contribution >= 0.6 is 7.14 Å². The van der Waals surface area contributed by atoms with Crippen molar-refractivity contribution in [3.05, 3.63) is 89.5 Å². The molecule has 3 aromatic rings. The third-order valence-corrected chi connectivity index (χ3v) is 13.2. The fraction of sp³-hybridized carbons (Fsp3) is 0.600. The van der Waals surface area contributed by atoms with E-state index in [2.05, 4.69) is 93.6 Å². The van der Waals surface area contributed by atoms with Gasteiger partial charge in [0.1, 0.15) is 0 Å². The van der Waals surface area contributed by atoms with Gasteiger partial charge in [-0.25, -0.2) is 0 Å². The van der Waals surface area contributed by atoms with E-state index < -0.39 is 7.14 Å². The monoisotopic (exact) mass is 657 g/mol. The minimum atomic E-state index is -2.98. The maximum atomic E-state index is 15.3. The summed E-state index contributed by atoms with van der Waals surface area (Å²) >= 11 is 0. The normalized spacial score (nSPS) is 11.7. The summed E-state index contributed by atoms with van der Waals surface area (Å²) in [5.74, 6) is 0. The Morgan fingerprint density at radius 1 is 0.319 bits per heavy atom. The van der Waals surface area contributed by atoms with Crippen LogP contribution in [0, 0.1) is 0 Å². The summed E-state index contributed by atoms with van der Waals surface area (Å²) in [6.07, 6.45) is 31.3. The molecule has 0 saturated heterocycles. The van der Waals surface area contributed by atoms with Gasteiger partial charge in [0.05, 0.1) is 0 Å². The lowest BCUT2D eigenvalue weighted by atomic mass is 10.0. The van der Waals surface area contributed by atoms with Gasteiger partial charge in [0, 0.05) is 15.9 Å². The van der Waals surface area contributed by atoms with E-state index in [0.29, 0.717) is 0 Å². The fourth-order valence-corrected chi connectivity index (χ4v) is 9.52. The number of unbranched alkanes of at least 4 members (excludes halogenated alkanes) is 18. The van der Waals surface area contributed by atoms with E-state index in [0.717, 1.165) is 35.2 Å². The quantitative estimate of drug-likeness (QED) is 0.0589. The van der Waals surface area contributed by atoms with E-state index in [9.17, 15) is 0 Å². The number of rotatable bonds is 27. The molecule has 0 aliphatic rings. The predicted octanol–water partition coefficient (Wildman–Crippen LogP) is 13.2. The van der Waals surface area contributed by atoms with Gasteiger partial charge in [0.15, 0.2) is 7.14 Å². The van der Waals surface area contributed by atoms with Gasteiger partial charge in [-0.05, 0) is 55.2 Å².